The summed E-state index contributed by atoms with van der Waals surface area (Å²) in [6, 6.07) is 12.6. The van der Waals surface area contributed by atoms with Crippen molar-refractivity contribution in [3.05, 3.63) is 53.3 Å². The number of benzene rings is 1. The zero-order valence-corrected chi connectivity index (χ0v) is 11.9. The fourth-order valence-electron chi connectivity index (χ4n) is 3.24. The highest BCUT2D eigenvalue weighted by Crippen LogP contribution is 2.39. The quantitative estimate of drug-likeness (QED) is 0.800. The van der Waals surface area contributed by atoms with Gasteiger partial charge < -0.3 is 4.90 Å². The lowest BCUT2D eigenvalue weighted by molar-refractivity contribution is -0.117. The van der Waals surface area contributed by atoms with Crippen LogP contribution in [0, 0.1) is 6.92 Å². The van der Waals surface area contributed by atoms with Gasteiger partial charge >= 0.3 is 0 Å². The number of hydrogen-bond donors (Lipinski definition) is 0. The molecule has 3 rings (SSSR count). The van der Waals surface area contributed by atoms with Crippen LogP contribution in [0.5, 0.6) is 0 Å². The molecule has 0 radical (unpaired) electrons. The number of rotatable bonds is 3. The van der Waals surface area contributed by atoms with Crippen LogP contribution in [0.25, 0.3) is 0 Å². The summed E-state index contributed by atoms with van der Waals surface area (Å²) in [5, 5.41) is 4.44. The Bertz CT molecular complexity index is 605. The lowest BCUT2D eigenvalue weighted by Gasteiger charge is -2.18. The van der Waals surface area contributed by atoms with Gasteiger partial charge in [-0.3, -0.25) is 9.48 Å². The lowest BCUT2D eigenvalue weighted by Crippen LogP contribution is -2.18. The third kappa shape index (κ3) is 2.22. The summed E-state index contributed by atoms with van der Waals surface area (Å²) >= 11 is 0. The van der Waals surface area contributed by atoms with Gasteiger partial charge in [-0.1, -0.05) is 30.3 Å². The van der Waals surface area contributed by atoms with Crippen LogP contribution >= 0.6 is 0 Å². The third-order valence-corrected chi connectivity index (χ3v) is 4.14. The molecule has 1 aromatic carbocycles. The summed E-state index contributed by atoms with van der Waals surface area (Å²) in [6.45, 7) is 3.55. The molecule has 1 aromatic heterocycles. The molecule has 0 saturated carbocycles. The lowest BCUT2D eigenvalue weighted by atomic mass is 9.86. The molecular weight excluding hydrogens is 250 g/mol. The molecule has 1 aliphatic heterocycles. The Balaban J connectivity index is 1.98. The van der Waals surface area contributed by atoms with Gasteiger partial charge in [-0.2, -0.15) is 5.10 Å². The maximum Gasteiger partial charge on any atom is 0.209 e. The minimum absolute atomic E-state index is 0.314. The van der Waals surface area contributed by atoms with Gasteiger partial charge in [-0.15, -0.1) is 0 Å². The van der Waals surface area contributed by atoms with Crippen molar-refractivity contribution in [2.75, 3.05) is 13.1 Å². The number of carbonyl (C=O) groups is 1. The van der Waals surface area contributed by atoms with E-state index in [0.29, 0.717) is 11.8 Å². The van der Waals surface area contributed by atoms with E-state index in [4.69, 9.17) is 0 Å². The van der Waals surface area contributed by atoms with Crippen LogP contribution in [0.4, 0.5) is 0 Å². The van der Waals surface area contributed by atoms with E-state index in [9.17, 15) is 4.79 Å². The average molecular weight is 269 g/mol. The molecule has 1 saturated heterocycles. The van der Waals surface area contributed by atoms with Crippen molar-refractivity contribution in [2.45, 2.75) is 18.8 Å². The summed E-state index contributed by atoms with van der Waals surface area (Å²) in [5.74, 6) is 0.657. The van der Waals surface area contributed by atoms with Crippen LogP contribution in [0.1, 0.15) is 28.8 Å². The van der Waals surface area contributed by atoms with Crippen LogP contribution in [-0.4, -0.2) is 34.2 Å². The molecule has 2 atom stereocenters. The number of aromatic nitrogens is 2. The SMILES string of the molecule is Cc1cc(C2CN(C=O)CC2c2ccccc2)n(C)n1. The molecule has 0 N–H and O–H groups in total. The number of amides is 1. The third-order valence-electron chi connectivity index (χ3n) is 4.14. The van der Waals surface area contributed by atoms with E-state index in [1.807, 2.05) is 29.6 Å². The Labute approximate surface area is 119 Å². The molecule has 2 heterocycles. The summed E-state index contributed by atoms with van der Waals surface area (Å²) in [4.78, 5) is 13.0. The van der Waals surface area contributed by atoms with Crippen molar-refractivity contribution in [3.8, 4) is 0 Å². The number of nitrogens with zero attached hydrogens (tertiary/aromatic N) is 3. The molecule has 1 aliphatic rings. The van der Waals surface area contributed by atoms with Gasteiger partial charge in [0, 0.05) is 37.7 Å². The van der Waals surface area contributed by atoms with Crippen molar-refractivity contribution in [1.29, 1.82) is 0 Å². The molecule has 0 spiro atoms. The highest BCUT2D eigenvalue weighted by molar-refractivity contribution is 5.49. The fourth-order valence-corrected chi connectivity index (χ4v) is 3.24. The van der Waals surface area contributed by atoms with Crippen LogP contribution in [0.15, 0.2) is 36.4 Å². The van der Waals surface area contributed by atoms with Crippen molar-refractivity contribution < 1.29 is 4.79 Å². The summed E-state index contributed by atoms with van der Waals surface area (Å²) in [6.07, 6.45) is 0.958. The Morgan fingerprint density at radius 3 is 2.50 bits per heavy atom. The molecular formula is C16H19N3O. The topological polar surface area (TPSA) is 38.1 Å². The van der Waals surface area contributed by atoms with Gasteiger partial charge in [-0.05, 0) is 18.6 Å². The largest absolute Gasteiger partial charge is 0.344 e. The standard InChI is InChI=1S/C16H19N3O/c1-12-8-16(18(2)17-12)15-10-19(11-20)9-14(15)13-6-4-3-5-7-13/h3-8,11,14-15H,9-10H2,1-2H3. The number of likely N-dealkylation sites (tertiary alicyclic amines) is 1. The Morgan fingerprint density at radius 1 is 1.20 bits per heavy atom. The smallest absolute Gasteiger partial charge is 0.209 e. The molecule has 1 fully saturated rings. The Kier molecular flexibility index (Phi) is 3.30. The van der Waals surface area contributed by atoms with Crippen LogP contribution in [0.2, 0.25) is 0 Å². The van der Waals surface area contributed by atoms with Crippen LogP contribution in [0.3, 0.4) is 0 Å². The minimum atomic E-state index is 0.314. The first-order valence-corrected chi connectivity index (χ1v) is 6.94. The molecule has 4 heteroatoms. The average Bonchev–Trinajstić information content (AvgIpc) is 3.02. The first kappa shape index (κ1) is 12.9. The fraction of sp³-hybridized carbons (Fsp3) is 0.375. The summed E-state index contributed by atoms with van der Waals surface area (Å²) in [5.41, 5.74) is 3.53. The Hall–Kier alpha value is -2.10. The molecule has 2 unspecified atom stereocenters. The van der Waals surface area contributed by atoms with E-state index < -0.39 is 0 Å². The van der Waals surface area contributed by atoms with Gasteiger partial charge in [0.05, 0.1) is 5.69 Å². The second kappa shape index (κ2) is 5.12. The zero-order chi connectivity index (χ0) is 14.1. The first-order valence-electron chi connectivity index (χ1n) is 6.94. The maximum absolute atomic E-state index is 11.2. The minimum Gasteiger partial charge on any atom is -0.344 e. The zero-order valence-electron chi connectivity index (χ0n) is 11.9. The van der Waals surface area contributed by atoms with Crippen molar-refractivity contribution in [1.82, 2.24) is 14.7 Å². The monoisotopic (exact) mass is 269 g/mol. The molecule has 1 amide bonds. The van der Waals surface area contributed by atoms with E-state index in [-0.39, 0.29) is 0 Å². The van der Waals surface area contributed by atoms with Crippen molar-refractivity contribution in [2.24, 2.45) is 7.05 Å². The van der Waals surface area contributed by atoms with E-state index >= 15 is 0 Å². The van der Waals surface area contributed by atoms with Gasteiger partial charge in [-0.25, -0.2) is 0 Å². The van der Waals surface area contributed by atoms with Crippen molar-refractivity contribution in [3.63, 3.8) is 0 Å². The number of aryl methyl sites for hydroxylation is 2. The molecule has 2 aromatic rings. The molecule has 0 bridgehead atoms. The first-order chi connectivity index (χ1) is 9.69. The molecule has 0 aliphatic carbocycles. The van der Waals surface area contributed by atoms with Gasteiger partial charge in [0.2, 0.25) is 6.41 Å². The van der Waals surface area contributed by atoms with E-state index in [2.05, 4.69) is 35.4 Å². The maximum atomic E-state index is 11.2. The molecule has 4 nitrogen and oxygen atoms in total. The van der Waals surface area contributed by atoms with E-state index in [1.165, 1.54) is 11.3 Å². The van der Waals surface area contributed by atoms with E-state index in [0.717, 1.165) is 25.2 Å². The summed E-state index contributed by atoms with van der Waals surface area (Å²) in [7, 11) is 1.98. The number of hydrogen-bond acceptors (Lipinski definition) is 2. The second-order valence-corrected chi connectivity index (χ2v) is 5.52. The molecule has 20 heavy (non-hydrogen) atoms. The Morgan fingerprint density at radius 2 is 1.90 bits per heavy atom. The highest BCUT2D eigenvalue weighted by atomic mass is 16.1. The number of carbonyl (C=O) groups excluding carboxylic acids is 1. The van der Waals surface area contributed by atoms with Gasteiger partial charge in [0.25, 0.3) is 0 Å². The normalized spacial score (nSPS) is 22.2. The summed E-state index contributed by atoms with van der Waals surface area (Å²) < 4.78 is 1.95. The highest BCUT2D eigenvalue weighted by Gasteiger charge is 2.35. The van der Waals surface area contributed by atoms with E-state index in [1.54, 1.807) is 0 Å². The van der Waals surface area contributed by atoms with Crippen LogP contribution in [-0.2, 0) is 11.8 Å². The van der Waals surface area contributed by atoms with Crippen molar-refractivity contribution >= 4 is 6.41 Å². The predicted octanol–water partition coefficient (Wildman–Crippen LogP) is 2.07. The molecule has 104 valence electrons. The second-order valence-electron chi connectivity index (χ2n) is 5.52. The van der Waals surface area contributed by atoms with Crippen LogP contribution < -0.4 is 0 Å². The van der Waals surface area contributed by atoms with Gasteiger partial charge in [0.15, 0.2) is 0 Å². The predicted molar refractivity (Wildman–Crippen MR) is 77.5 cm³/mol. The van der Waals surface area contributed by atoms with Gasteiger partial charge in [0.1, 0.15) is 0 Å².